The molecule has 0 saturated heterocycles. The van der Waals surface area contributed by atoms with E-state index < -0.39 is 0 Å². The number of carbonyl (C=O) groups is 4. The van der Waals surface area contributed by atoms with Crippen molar-refractivity contribution in [3.05, 3.63) is 59.2 Å². The van der Waals surface area contributed by atoms with Crippen LogP contribution in [0.4, 0.5) is 0 Å². The van der Waals surface area contributed by atoms with Crippen LogP contribution < -0.4 is 0 Å². The first-order valence-corrected chi connectivity index (χ1v) is 12.4. The molecule has 1 aromatic carbocycles. The van der Waals surface area contributed by atoms with E-state index in [1.807, 2.05) is 6.08 Å². The predicted molar refractivity (Wildman–Crippen MR) is 126 cm³/mol. The Hall–Kier alpha value is -2.62. The quantitative estimate of drug-likeness (QED) is 0.514. The Balaban J connectivity index is 0.000000162. The highest BCUT2D eigenvalue weighted by molar-refractivity contribution is 6.21. The summed E-state index contributed by atoms with van der Waals surface area (Å²) in [4.78, 5) is 46.5. The van der Waals surface area contributed by atoms with Crippen LogP contribution in [0.2, 0.25) is 0 Å². The fourth-order valence-electron chi connectivity index (χ4n) is 7.57. The molecular formula is C29H32O4. The summed E-state index contributed by atoms with van der Waals surface area (Å²) >= 11 is 0. The Morgan fingerprint density at radius 3 is 2.03 bits per heavy atom. The van der Waals surface area contributed by atoms with Crippen molar-refractivity contribution in [1.29, 1.82) is 0 Å². The average molecular weight is 445 g/mol. The van der Waals surface area contributed by atoms with Crippen LogP contribution in [-0.4, -0.2) is 23.1 Å². The van der Waals surface area contributed by atoms with Gasteiger partial charge in [-0.1, -0.05) is 43.7 Å². The number of hydrogen-bond donors (Lipinski definition) is 0. The van der Waals surface area contributed by atoms with Crippen LogP contribution in [0.1, 0.15) is 85.9 Å². The molecule has 0 aromatic heterocycles. The third-order valence-electron chi connectivity index (χ3n) is 9.52. The van der Waals surface area contributed by atoms with Crippen LogP contribution in [0.3, 0.4) is 0 Å². The summed E-state index contributed by atoms with van der Waals surface area (Å²) in [6.07, 6.45) is 12.8. The van der Waals surface area contributed by atoms with E-state index >= 15 is 0 Å². The van der Waals surface area contributed by atoms with Gasteiger partial charge in [-0.15, -0.1) is 0 Å². The molecule has 0 spiro atoms. The molecule has 4 heteroatoms. The molecule has 1 aromatic rings. The smallest absolute Gasteiger partial charge is 0.186 e. The molecular weight excluding hydrogens is 412 g/mol. The second-order valence-electron chi connectivity index (χ2n) is 11.0. The second kappa shape index (κ2) is 8.00. The zero-order chi connectivity index (χ0) is 23.4. The van der Waals surface area contributed by atoms with Crippen LogP contribution in [0.15, 0.2) is 48.1 Å². The highest BCUT2D eigenvalue weighted by Gasteiger charge is 2.58. The third-order valence-corrected chi connectivity index (χ3v) is 9.52. The minimum atomic E-state index is -0.0924. The number of allylic oxidation sites excluding steroid dienone is 3. The number of fused-ring (bicyclic) bond motifs is 6. The third kappa shape index (κ3) is 3.50. The average Bonchev–Trinajstić information content (AvgIpc) is 3.12. The SMILES string of the molecule is C[C@]12CCC(=O)C=C1CC[C@@H]1[C@@H]2CC[C@]2(C)C(=O)CC[C@@H]12.O=C1C=CC(=O)c2ccccc21. The van der Waals surface area contributed by atoms with E-state index in [-0.39, 0.29) is 22.4 Å². The summed E-state index contributed by atoms with van der Waals surface area (Å²) in [5.74, 6) is 2.70. The predicted octanol–water partition coefficient (Wildman–Crippen LogP) is 5.71. The molecule has 3 fully saturated rings. The zero-order valence-electron chi connectivity index (χ0n) is 19.6. The Labute approximate surface area is 195 Å². The van der Waals surface area contributed by atoms with E-state index in [0.29, 0.717) is 40.4 Å². The van der Waals surface area contributed by atoms with Gasteiger partial charge in [0.25, 0.3) is 0 Å². The van der Waals surface area contributed by atoms with Crippen LogP contribution in [0.25, 0.3) is 0 Å². The number of hydrogen-bond acceptors (Lipinski definition) is 4. The number of Topliss-reactive ketones (excluding diaryl/α,β-unsaturated/α-hetero) is 1. The summed E-state index contributed by atoms with van der Waals surface area (Å²) in [5, 5.41) is 0. The fourth-order valence-corrected chi connectivity index (χ4v) is 7.57. The van der Waals surface area contributed by atoms with Gasteiger partial charge in [-0.3, -0.25) is 19.2 Å². The van der Waals surface area contributed by atoms with Crippen molar-refractivity contribution in [3.63, 3.8) is 0 Å². The van der Waals surface area contributed by atoms with E-state index in [1.165, 1.54) is 30.6 Å². The number of ketones is 4. The van der Waals surface area contributed by atoms with Crippen LogP contribution in [0.5, 0.6) is 0 Å². The zero-order valence-corrected chi connectivity index (χ0v) is 19.6. The summed E-state index contributed by atoms with van der Waals surface area (Å²) in [5.41, 5.74) is 2.65. The molecule has 0 aliphatic heterocycles. The summed E-state index contributed by atoms with van der Waals surface area (Å²) in [6.45, 7) is 4.64. The van der Waals surface area contributed by atoms with Gasteiger partial charge in [0, 0.05) is 29.4 Å². The van der Waals surface area contributed by atoms with Gasteiger partial charge in [0.2, 0.25) is 0 Å². The van der Waals surface area contributed by atoms with E-state index in [9.17, 15) is 19.2 Å². The van der Waals surface area contributed by atoms with E-state index in [1.54, 1.807) is 24.3 Å². The molecule has 5 aliphatic carbocycles. The molecule has 6 rings (SSSR count). The second-order valence-corrected chi connectivity index (χ2v) is 11.0. The van der Waals surface area contributed by atoms with E-state index in [4.69, 9.17) is 0 Å². The minimum Gasteiger partial charge on any atom is -0.299 e. The normalized spacial score (nSPS) is 36.7. The summed E-state index contributed by atoms with van der Waals surface area (Å²) in [7, 11) is 0. The van der Waals surface area contributed by atoms with Gasteiger partial charge >= 0.3 is 0 Å². The first-order chi connectivity index (χ1) is 15.7. The molecule has 0 radical (unpaired) electrons. The van der Waals surface area contributed by atoms with Crippen molar-refractivity contribution >= 4 is 23.1 Å². The lowest BCUT2D eigenvalue weighted by atomic mass is 9.47. The van der Waals surface area contributed by atoms with Crippen molar-refractivity contribution in [1.82, 2.24) is 0 Å². The molecule has 172 valence electrons. The highest BCUT2D eigenvalue weighted by Crippen LogP contribution is 2.64. The molecule has 33 heavy (non-hydrogen) atoms. The number of benzene rings is 1. The molecule has 0 N–H and O–H groups in total. The lowest BCUT2D eigenvalue weighted by molar-refractivity contribution is -0.132. The Morgan fingerprint density at radius 2 is 1.36 bits per heavy atom. The fraction of sp³-hybridized carbons (Fsp3) is 0.517. The van der Waals surface area contributed by atoms with Gasteiger partial charge < -0.3 is 0 Å². The van der Waals surface area contributed by atoms with E-state index in [0.717, 1.165) is 38.5 Å². The first kappa shape index (κ1) is 22.2. The van der Waals surface area contributed by atoms with Gasteiger partial charge in [0.05, 0.1) is 0 Å². The van der Waals surface area contributed by atoms with Crippen molar-refractivity contribution in [3.8, 4) is 0 Å². The van der Waals surface area contributed by atoms with Crippen molar-refractivity contribution in [2.75, 3.05) is 0 Å². The topological polar surface area (TPSA) is 68.3 Å². The maximum atomic E-state index is 12.4. The first-order valence-electron chi connectivity index (χ1n) is 12.4. The van der Waals surface area contributed by atoms with Gasteiger partial charge in [0.1, 0.15) is 5.78 Å². The lowest BCUT2D eigenvalue weighted by Gasteiger charge is -2.56. The summed E-state index contributed by atoms with van der Waals surface area (Å²) in [6, 6.07) is 6.84. The van der Waals surface area contributed by atoms with Gasteiger partial charge in [-0.05, 0) is 79.9 Å². The largest absolute Gasteiger partial charge is 0.299 e. The van der Waals surface area contributed by atoms with Crippen molar-refractivity contribution in [2.24, 2.45) is 28.6 Å². The maximum Gasteiger partial charge on any atom is 0.186 e. The Kier molecular flexibility index (Phi) is 5.38. The Bertz CT molecular complexity index is 1070. The lowest BCUT2D eigenvalue weighted by Crippen LogP contribution is -2.50. The summed E-state index contributed by atoms with van der Waals surface area (Å²) < 4.78 is 0. The van der Waals surface area contributed by atoms with Crippen LogP contribution in [0, 0.1) is 28.6 Å². The van der Waals surface area contributed by atoms with Crippen LogP contribution in [-0.2, 0) is 9.59 Å². The van der Waals surface area contributed by atoms with Gasteiger partial charge in [0.15, 0.2) is 17.3 Å². The standard InChI is InChI=1S/C19H26O2.C10H6O2/c1-18-9-7-13(20)11-12(18)3-4-14-15-5-6-17(21)19(15,2)10-8-16(14)18;11-9-5-6-10(12)8-4-2-1-3-7(8)9/h11,14-16H,3-10H2,1-2H3;1-6H/t14-,15-,16-,18-,19-;/m0./s1. The van der Waals surface area contributed by atoms with Crippen LogP contribution >= 0.6 is 0 Å². The molecule has 5 atom stereocenters. The van der Waals surface area contributed by atoms with Gasteiger partial charge in [-0.25, -0.2) is 0 Å². The number of carbonyl (C=O) groups excluding carboxylic acids is 4. The Morgan fingerprint density at radius 1 is 0.727 bits per heavy atom. The molecule has 4 nitrogen and oxygen atoms in total. The van der Waals surface area contributed by atoms with Gasteiger partial charge in [-0.2, -0.15) is 0 Å². The molecule has 0 bridgehead atoms. The van der Waals surface area contributed by atoms with Crippen molar-refractivity contribution in [2.45, 2.75) is 65.2 Å². The molecule has 0 heterocycles. The van der Waals surface area contributed by atoms with E-state index in [2.05, 4.69) is 13.8 Å². The molecule has 0 amide bonds. The molecule has 3 saturated carbocycles. The minimum absolute atomic E-state index is 0.0246. The molecule has 5 aliphatic rings. The monoisotopic (exact) mass is 444 g/mol. The molecule has 0 unspecified atom stereocenters. The highest BCUT2D eigenvalue weighted by atomic mass is 16.1. The van der Waals surface area contributed by atoms with Crippen molar-refractivity contribution < 1.29 is 19.2 Å². The number of rotatable bonds is 0. The maximum absolute atomic E-state index is 12.4.